The number of anilines is 1. The third kappa shape index (κ3) is 4.63. The van der Waals surface area contributed by atoms with Crippen molar-refractivity contribution >= 4 is 27.6 Å². The summed E-state index contributed by atoms with van der Waals surface area (Å²) < 4.78 is 74.9. The van der Waals surface area contributed by atoms with Gasteiger partial charge in [0.2, 0.25) is 27.7 Å². The summed E-state index contributed by atoms with van der Waals surface area (Å²) in [4.78, 5) is 16.3. The van der Waals surface area contributed by atoms with Crippen molar-refractivity contribution in [3.8, 4) is 17.4 Å². The molecule has 2 saturated carbocycles. The van der Waals surface area contributed by atoms with Crippen LogP contribution in [-0.2, 0) is 14.8 Å². The summed E-state index contributed by atoms with van der Waals surface area (Å²) in [6.07, 6.45) is 2.94. The van der Waals surface area contributed by atoms with Gasteiger partial charge in [-0.3, -0.25) is 9.29 Å². The molecule has 5 rings (SSSR count). The number of alkyl halides is 2. The maximum atomic E-state index is 13.9. The molecule has 39 heavy (non-hydrogen) atoms. The van der Waals surface area contributed by atoms with Crippen LogP contribution in [0.3, 0.4) is 0 Å². The lowest BCUT2D eigenvalue weighted by molar-refractivity contribution is 0.0183. The van der Waals surface area contributed by atoms with E-state index in [1.807, 2.05) is 0 Å². The SMILES string of the molecule is COc1ncnc(OC)c1-n1c(NS(=O)(=O)[C@@H](C)[C@H](OC)c2ncc(Cl)cn2)nnc1[C@H]1C[C@]2(CC2(F)F)C1. The van der Waals surface area contributed by atoms with Gasteiger partial charge in [0.15, 0.2) is 11.5 Å². The Kier molecular flexibility index (Phi) is 6.83. The lowest BCUT2D eigenvalue weighted by atomic mass is 9.71. The molecule has 3 heterocycles. The summed E-state index contributed by atoms with van der Waals surface area (Å²) >= 11 is 5.86. The zero-order valence-electron chi connectivity index (χ0n) is 21.3. The summed E-state index contributed by atoms with van der Waals surface area (Å²) in [6.45, 7) is 1.41. The predicted molar refractivity (Wildman–Crippen MR) is 133 cm³/mol. The Labute approximate surface area is 227 Å². The highest BCUT2D eigenvalue weighted by Crippen LogP contribution is 2.74. The van der Waals surface area contributed by atoms with E-state index < -0.39 is 38.6 Å². The molecule has 3 aromatic rings. The third-order valence-corrected chi connectivity index (χ3v) is 9.09. The van der Waals surface area contributed by atoms with Crippen LogP contribution in [0.4, 0.5) is 14.7 Å². The Morgan fingerprint density at radius 2 is 1.67 bits per heavy atom. The average molecular weight is 587 g/mol. The van der Waals surface area contributed by atoms with Crippen LogP contribution in [0.5, 0.6) is 11.8 Å². The zero-order valence-corrected chi connectivity index (χ0v) is 22.9. The van der Waals surface area contributed by atoms with Crippen LogP contribution >= 0.6 is 11.6 Å². The first-order chi connectivity index (χ1) is 18.5. The van der Waals surface area contributed by atoms with E-state index in [0.29, 0.717) is 0 Å². The first kappa shape index (κ1) is 27.3. The molecule has 0 amide bonds. The molecule has 0 unspecified atom stereocenters. The molecule has 17 heteroatoms. The van der Waals surface area contributed by atoms with Crippen LogP contribution in [0, 0.1) is 5.41 Å². The highest BCUT2D eigenvalue weighted by atomic mass is 35.5. The van der Waals surface area contributed by atoms with E-state index in [4.69, 9.17) is 25.8 Å². The minimum atomic E-state index is -4.24. The number of sulfonamides is 1. The molecule has 1 spiro atoms. The van der Waals surface area contributed by atoms with Gasteiger partial charge in [-0.05, 0) is 19.8 Å². The molecule has 0 aromatic carbocycles. The number of ether oxygens (including phenoxy) is 3. The number of nitrogens with zero attached hydrogens (tertiary/aromatic N) is 7. The number of hydrogen-bond donors (Lipinski definition) is 1. The van der Waals surface area contributed by atoms with Crippen molar-refractivity contribution in [2.75, 3.05) is 26.1 Å². The molecule has 0 bridgehead atoms. The second-order valence-electron chi connectivity index (χ2n) is 9.49. The van der Waals surface area contributed by atoms with Crippen molar-refractivity contribution in [1.82, 2.24) is 34.7 Å². The minimum absolute atomic E-state index is 0.0338. The highest BCUT2D eigenvalue weighted by Gasteiger charge is 2.76. The fourth-order valence-corrected chi connectivity index (χ4v) is 6.16. The monoisotopic (exact) mass is 586 g/mol. The number of methoxy groups -OCH3 is 3. The van der Waals surface area contributed by atoms with Crippen LogP contribution < -0.4 is 14.2 Å². The molecule has 0 saturated heterocycles. The Morgan fingerprint density at radius 1 is 1.08 bits per heavy atom. The average Bonchev–Trinajstić information content (AvgIpc) is 3.27. The molecule has 2 aliphatic carbocycles. The number of rotatable bonds is 10. The molecule has 210 valence electrons. The van der Waals surface area contributed by atoms with Crippen molar-refractivity contribution in [3.05, 3.63) is 35.4 Å². The largest absolute Gasteiger partial charge is 0.479 e. The van der Waals surface area contributed by atoms with Gasteiger partial charge in [-0.15, -0.1) is 10.2 Å². The molecule has 3 aromatic heterocycles. The zero-order chi connectivity index (χ0) is 28.2. The Bertz CT molecular complexity index is 1460. The molecule has 2 aliphatic rings. The quantitative estimate of drug-likeness (QED) is 0.372. The summed E-state index contributed by atoms with van der Waals surface area (Å²) in [7, 11) is -0.189. The molecular formula is C22H25ClF2N8O5S. The van der Waals surface area contributed by atoms with Crippen molar-refractivity contribution < 1.29 is 31.4 Å². The van der Waals surface area contributed by atoms with Gasteiger partial charge in [0.1, 0.15) is 23.5 Å². The van der Waals surface area contributed by atoms with Gasteiger partial charge in [-0.1, -0.05) is 11.6 Å². The van der Waals surface area contributed by atoms with Crippen molar-refractivity contribution in [2.45, 2.75) is 49.4 Å². The number of halogens is 3. The van der Waals surface area contributed by atoms with E-state index in [2.05, 4.69) is 34.9 Å². The first-order valence-corrected chi connectivity index (χ1v) is 13.7. The number of aromatic nitrogens is 7. The molecule has 0 aliphatic heterocycles. The van der Waals surface area contributed by atoms with Gasteiger partial charge in [0.05, 0.1) is 19.2 Å². The van der Waals surface area contributed by atoms with E-state index in [1.165, 1.54) is 51.5 Å². The van der Waals surface area contributed by atoms with E-state index >= 15 is 0 Å². The minimum Gasteiger partial charge on any atom is -0.479 e. The number of nitrogens with one attached hydrogen (secondary N) is 1. The van der Waals surface area contributed by atoms with E-state index in [0.717, 1.165) is 0 Å². The van der Waals surface area contributed by atoms with Crippen LogP contribution in [0.25, 0.3) is 5.69 Å². The van der Waals surface area contributed by atoms with Gasteiger partial charge < -0.3 is 14.2 Å². The smallest absolute Gasteiger partial charge is 0.254 e. The van der Waals surface area contributed by atoms with Gasteiger partial charge in [0.25, 0.3) is 5.92 Å². The maximum absolute atomic E-state index is 13.9. The van der Waals surface area contributed by atoms with Crippen LogP contribution in [0.1, 0.15) is 49.9 Å². The second kappa shape index (κ2) is 9.75. The van der Waals surface area contributed by atoms with Crippen LogP contribution in [0.2, 0.25) is 5.02 Å². The molecule has 2 fully saturated rings. The summed E-state index contributed by atoms with van der Waals surface area (Å²) in [5.41, 5.74) is -0.950. The molecule has 13 nitrogen and oxygen atoms in total. The van der Waals surface area contributed by atoms with Crippen molar-refractivity contribution in [1.29, 1.82) is 0 Å². The maximum Gasteiger partial charge on any atom is 0.254 e. The van der Waals surface area contributed by atoms with E-state index in [1.54, 1.807) is 0 Å². The fraction of sp³-hybridized carbons (Fsp3) is 0.545. The lowest BCUT2D eigenvalue weighted by Gasteiger charge is -2.35. The lowest BCUT2D eigenvalue weighted by Crippen LogP contribution is -2.34. The Morgan fingerprint density at radius 3 is 2.18 bits per heavy atom. The van der Waals surface area contributed by atoms with Gasteiger partial charge in [-0.25, -0.2) is 27.2 Å². The van der Waals surface area contributed by atoms with Gasteiger partial charge in [-0.2, -0.15) is 9.97 Å². The Hall–Kier alpha value is -3.24. The van der Waals surface area contributed by atoms with Crippen LogP contribution in [-0.4, -0.2) is 75.6 Å². The first-order valence-electron chi connectivity index (χ1n) is 11.8. The topological polar surface area (TPSA) is 156 Å². The molecule has 1 N–H and O–H groups in total. The van der Waals surface area contributed by atoms with E-state index in [9.17, 15) is 17.2 Å². The van der Waals surface area contributed by atoms with Gasteiger partial charge >= 0.3 is 0 Å². The molecule has 2 atom stereocenters. The molecule has 0 radical (unpaired) electrons. The van der Waals surface area contributed by atoms with E-state index in [-0.39, 0.29) is 59.3 Å². The summed E-state index contributed by atoms with van der Waals surface area (Å²) in [5.74, 6) is -2.98. The fourth-order valence-electron chi connectivity index (χ4n) is 4.93. The van der Waals surface area contributed by atoms with Crippen molar-refractivity contribution in [3.63, 3.8) is 0 Å². The van der Waals surface area contributed by atoms with Gasteiger partial charge in [0, 0.05) is 37.3 Å². The highest BCUT2D eigenvalue weighted by molar-refractivity contribution is 7.93. The Balaban J connectivity index is 1.54. The third-order valence-electron chi connectivity index (χ3n) is 7.20. The summed E-state index contributed by atoms with van der Waals surface area (Å²) in [5, 5.41) is 7.31. The van der Waals surface area contributed by atoms with Crippen molar-refractivity contribution in [2.24, 2.45) is 5.41 Å². The normalized spacial score (nSPS) is 23.1. The summed E-state index contributed by atoms with van der Waals surface area (Å²) in [6, 6.07) is 0. The predicted octanol–water partition coefficient (Wildman–Crippen LogP) is 2.94. The number of hydrogen-bond acceptors (Lipinski definition) is 11. The standard InChI is InChI=1S/C22H25ClF2N8O5S/c1-11(15(36-2)16-26-7-13(23)8-27-16)39(34,35)32-20-31-30-17(12-5-21(6-12)9-22(21,24)25)33(20)14-18(37-3)28-10-29-19(14)38-4/h7-8,10-12,15H,5-6,9H2,1-4H3,(H,31,32)/t11-,12-,15-,21+/m0/s1. The second-order valence-corrected chi connectivity index (χ2v) is 12.0. The molecular weight excluding hydrogens is 562 g/mol. The van der Waals surface area contributed by atoms with Crippen LogP contribution in [0.15, 0.2) is 18.7 Å².